The smallest absolute Gasteiger partial charge is 0.262 e. The summed E-state index contributed by atoms with van der Waals surface area (Å²) in [5.74, 6) is 0. The number of hydrogen-bond acceptors (Lipinski definition) is 3. The summed E-state index contributed by atoms with van der Waals surface area (Å²) >= 11 is 17.5. The molecule has 0 atom stereocenters. The van der Waals surface area contributed by atoms with Crippen LogP contribution in [0.25, 0.3) is 0 Å². The molecular weight excluding hydrogens is 343 g/mol. The largest absolute Gasteiger partial charge is 0.397 e. The van der Waals surface area contributed by atoms with Gasteiger partial charge in [-0.15, -0.1) is 0 Å². The maximum Gasteiger partial charge on any atom is 0.262 e. The molecule has 0 aromatic heterocycles. The van der Waals surface area contributed by atoms with Gasteiger partial charge >= 0.3 is 0 Å². The van der Waals surface area contributed by atoms with Gasteiger partial charge in [-0.05, 0) is 30.3 Å². The zero-order valence-corrected chi connectivity index (χ0v) is 13.0. The Labute approximate surface area is 131 Å². The first-order valence-electron chi connectivity index (χ1n) is 5.33. The number of halogens is 3. The maximum atomic E-state index is 12.2. The van der Waals surface area contributed by atoms with Crippen molar-refractivity contribution in [3.63, 3.8) is 0 Å². The molecule has 0 saturated heterocycles. The van der Waals surface area contributed by atoms with Gasteiger partial charge in [0.1, 0.15) is 0 Å². The molecule has 0 bridgehead atoms. The van der Waals surface area contributed by atoms with Gasteiger partial charge in [-0.25, -0.2) is 8.42 Å². The summed E-state index contributed by atoms with van der Waals surface area (Å²) in [6, 6.07) is 8.68. The summed E-state index contributed by atoms with van der Waals surface area (Å²) in [6.45, 7) is 0. The Kier molecular flexibility index (Phi) is 4.34. The first-order valence-corrected chi connectivity index (χ1v) is 7.95. The van der Waals surface area contributed by atoms with Crippen molar-refractivity contribution in [1.82, 2.24) is 0 Å². The number of nitrogens with one attached hydrogen (secondary N) is 1. The van der Waals surface area contributed by atoms with Crippen LogP contribution >= 0.6 is 34.8 Å². The molecule has 20 heavy (non-hydrogen) atoms. The highest BCUT2D eigenvalue weighted by Gasteiger charge is 2.18. The molecule has 0 aliphatic carbocycles. The SMILES string of the molecule is Nc1cccc(Cl)c1NS(=O)(=O)c1ccc(Cl)c(Cl)c1. The Hall–Kier alpha value is -1.14. The second kappa shape index (κ2) is 5.69. The molecule has 0 heterocycles. The molecule has 0 fully saturated rings. The van der Waals surface area contributed by atoms with Crippen LogP contribution in [0.1, 0.15) is 0 Å². The van der Waals surface area contributed by atoms with Crippen LogP contribution in [-0.2, 0) is 10.0 Å². The topological polar surface area (TPSA) is 72.2 Å². The standard InChI is InChI=1S/C12H9Cl3N2O2S/c13-8-5-4-7(6-10(8)15)20(18,19)17-12-9(14)2-1-3-11(12)16/h1-6,17H,16H2. The fourth-order valence-electron chi connectivity index (χ4n) is 1.49. The van der Waals surface area contributed by atoms with Crippen LogP contribution in [0, 0.1) is 0 Å². The monoisotopic (exact) mass is 350 g/mol. The first kappa shape index (κ1) is 15.3. The Balaban J connectivity index is 2.43. The molecule has 0 unspecified atom stereocenters. The number of nitrogen functional groups attached to an aromatic ring is 1. The van der Waals surface area contributed by atoms with E-state index in [0.717, 1.165) is 0 Å². The fraction of sp³-hybridized carbons (Fsp3) is 0. The zero-order valence-electron chi connectivity index (χ0n) is 9.90. The van der Waals surface area contributed by atoms with E-state index in [2.05, 4.69) is 4.72 Å². The quantitative estimate of drug-likeness (QED) is 0.820. The molecule has 106 valence electrons. The van der Waals surface area contributed by atoms with Crippen LogP contribution < -0.4 is 10.5 Å². The minimum atomic E-state index is -3.86. The van der Waals surface area contributed by atoms with Crippen molar-refractivity contribution in [2.75, 3.05) is 10.5 Å². The highest BCUT2D eigenvalue weighted by Crippen LogP contribution is 2.31. The van der Waals surface area contributed by atoms with Gasteiger partial charge in [-0.2, -0.15) is 0 Å². The highest BCUT2D eigenvalue weighted by atomic mass is 35.5. The van der Waals surface area contributed by atoms with Crippen LogP contribution in [0.3, 0.4) is 0 Å². The van der Waals surface area contributed by atoms with E-state index < -0.39 is 10.0 Å². The molecule has 0 saturated carbocycles. The minimum Gasteiger partial charge on any atom is -0.397 e. The van der Waals surface area contributed by atoms with E-state index in [1.807, 2.05) is 0 Å². The Morgan fingerprint density at radius 1 is 0.950 bits per heavy atom. The molecule has 0 radical (unpaired) electrons. The third-order valence-electron chi connectivity index (χ3n) is 2.48. The molecular formula is C12H9Cl3N2O2S. The molecule has 0 amide bonds. The van der Waals surface area contributed by atoms with Crippen molar-refractivity contribution in [1.29, 1.82) is 0 Å². The fourth-order valence-corrected chi connectivity index (χ4v) is 3.27. The average Bonchev–Trinajstić information content (AvgIpc) is 2.37. The number of anilines is 2. The molecule has 0 aliphatic heterocycles. The van der Waals surface area contributed by atoms with Crippen LogP contribution in [0.15, 0.2) is 41.3 Å². The van der Waals surface area contributed by atoms with E-state index >= 15 is 0 Å². The molecule has 0 spiro atoms. The highest BCUT2D eigenvalue weighted by molar-refractivity contribution is 7.92. The van der Waals surface area contributed by atoms with Crippen LogP contribution in [0.4, 0.5) is 11.4 Å². The second-order valence-corrected chi connectivity index (χ2v) is 6.79. The molecule has 2 rings (SSSR count). The average molecular weight is 352 g/mol. The third-order valence-corrected chi connectivity index (χ3v) is 4.89. The van der Waals surface area contributed by atoms with E-state index in [0.29, 0.717) is 0 Å². The summed E-state index contributed by atoms with van der Waals surface area (Å²) in [7, 11) is -3.86. The van der Waals surface area contributed by atoms with Crippen molar-refractivity contribution in [3.05, 3.63) is 51.5 Å². The lowest BCUT2D eigenvalue weighted by atomic mass is 10.3. The van der Waals surface area contributed by atoms with E-state index in [1.54, 1.807) is 12.1 Å². The number of benzene rings is 2. The van der Waals surface area contributed by atoms with Crippen molar-refractivity contribution in [2.24, 2.45) is 0 Å². The molecule has 4 nitrogen and oxygen atoms in total. The van der Waals surface area contributed by atoms with E-state index in [9.17, 15) is 8.42 Å². The van der Waals surface area contributed by atoms with Crippen LogP contribution in [-0.4, -0.2) is 8.42 Å². The van der Waals surface area contributed by atoms with Gasteiger partial charge in [0.2, 0.25) is 0 Å². The lowest BCUT2D eigenvalue weighted by Crippen LogP contribution is -2.14. The first-order chi connectivity index (χ1) is 9.31. The number of para-hydroxylation sites is 1. The van der Waals surface area contributed by atoms with Gasteiger partial charge in [0, 0.05) is 0 Å². The van der Waals surface area contributed by atoms with Crippen molar-refractivity contribution in [2.45, 2.75) is 4.90 Å². The van der Waals surface area contributed by atoms with Gasteiger partial charge < -0.3 is 5.73 Å². The van der Waals surface area contributed by atoms with Gasteiger partial charge in [0.25, 0.3) is 10.0 Å². The third kappa shape index (κ3) is 3.12. The summed E-state index contributed by atoms with van der Waals surface area (Å²) in [5, 5.41) is 0.609. The molecule has 3 N–H and O–H groups in total. The summed E-state index contributed by atoms with van der Waals surface area (Å²) in [6.07, 6.45) is 0. The summed E-state index contributed by atoms with van der Waals surface area (Å²) < 4.78 is 26.8. The lowest BCUT2D eigenvalue weighted by Gasteiger charge is -2.12. The minimum absolute atomic E-state index is 0.0359. The van der Waals surface area contributed by atoms with Crippen molar-refractivity contribution in [3.8, 4) is 0 Å². The molecule has 0 aliphatic rings. The van der Waals surface area contributed by atoms with E-state index in [-0.39, 0.29) is 31.3 Å². The molecule has 8 heteroatoms. The van der Waals surface area contributed by atoms with Crippen LogP contribution in [0.2, 0.25) is 15.1 Å². The Bertz CT molecular complexity index is 743. The van der Waals surface area contributed by atoms with Gasteiger partial charge in [-0.1, -0.05) is 40.9 Å². The summed E-state index contributed by atoms with van der Waals surface area (Å²) in [4.78, 5) is -0.0359. The number of sulfonamides is 1. The lowest BCUT2D eigenvalue weighted by molar-refractivity contribution is 0.601. The van der Waals surface area contributed by atoms with Crippen LogP contribution in [0.5, 0.6) is 0 Å². The Morgan fingerprint density at radius 3 is 2.25 bits per heavy atom. The summed E-state index contributed by atoms with van der Waals surface area (Å²) in [5.41, 5.74) is 6.05. The van der Waals surface area contributed by atoms with Crippen molar-refractivity contribution < 1.29 is 8.42 Å². The predicted octanol–water partition coefficient (Wildman–Crippen LogP) is 4.03. The second-order valence-electron chi connectivity index (χ2n) is 3.89. The van der Waals surface area contributed by atoms with Gasteiger partial charge in [0.05, 0.1) is 31.3 Å². The molecule has 2 aromatic carbocycles. The Morgan fingerprint density at radius 2 is 1.65 bits per heavy atom. The maximum absolute atomic E-state index is 12.2. The zero-order chi connectivity index (χ0) is 14.9. The van der Waals surface area contributed by atoms with E-state index in [4.69, 9.17) is 40.5 Å². The van der Waals surface area contributed by atoms with Crippen molar-refractivity contribution >= 4 is 56.2 Å². The normalized spacial score (nSPS) is 11.3. The number of nitrogens with two attached hydrogens (primary N) is 1. The predicted molar refractivity (Wildman–Crippen MR) is 83.1 cm³/mol. The molecule has 2 aromatic rings. The van der Waals surface area contributed by atoms with Gasteiger partial charge in [0.15, 0.2) is 0 Å². The number of hydrogen-bond donors (Lipinski definition) is 2. The van der Waals surface area contributed by atoms with E-state index in [1.165, 1.54) is 24.3 Å². The number of rotatable bonds is 3. The van der Waals surface area contributed by atoms with Gasteiger partial charge in [-0.3, -0.25) is 4.72 Å².